The molecule has 0 saturated carbocycles. The molecule has 1 saturated heterocycles. The lowest BCUT2D eigenvalue weighted by Gasteiger charge is -2.22. The van der Waals surface area contributed by atoms with E-state index in [9.17, 15) is 9.18 Å². The third-order valence-corrected chi connectivity index (χ3v) is 4.40. The van der Waals surface area contributed by atoms with Gasteiger partial charge in [0.1, 0.15) is 11.6 Å². The molecule has 2 aromatic carbocycles. The number of ether oxygens (including phenoxy) is 2. The van der Waals surface area contributed by atoms with Crippen molar-refractivity contribution in [2.75, 3.05) is 26.9 Å². The summed E-state index contributed by atoms with van der Waals surface area (Å²) in [4.78, 5) is 12.4. The Bertz CT molecular complexity index is 741. The molecular formula is C20H22FNO3. The molecule has 0 radical (unpaired) electrons. The molecule has 3 rings (SSSR count). The van der Waals surface area contributed by atoms with Crippen molar-refractivity contribution in [3.63, 3.8) is 0 Å². The Morgan fingerprint density at radius 3 is 2.96 bits per heavy atom. The molecule has 0 spiro atoms. The SMILES string of the molecule is COc1ccc(F)cc1-c1cccc(C(=O)NC[C@H]2CCCOC2)c1. The van der Waals surface area contributed by atoms with Crippen LogP contribution in [0.25, 0.3) is 11.1 Å². The van der Waals surface area contributed by atoms with Gasteiger partial charge in [-0.1, -0.05) is 12.1 Å². The highest BCUT2D eigenvalue weighted by Gasteiger charge is 2.16. The topological polar surface area (TPSA) is 47.6 Å². The Morgan fingerprint density at radius 2 is 2.20 bits per heavy atom. The van der Waals surface area contributed by atoms with Gasteiger partial charge >= 0.3 is 0 Å². The number of rotatable bonds is 5. The normalized spacial score (nSPS) is 17.1. The fourth-order valence-corrected chi connectivity index (χ4v) is 3.04. The van der Waals surface area contributed by atoms with E-state index in [0.29, 0.717) is 35.9 Å². The number of amides is 1. The second-order valence-electron chi connectivity index (χ2n) is 6.22. The first kappa shape index (κ1) is 17.4. The van der Waals surface area contributed by atoms with E-state index in [1.807, 2.05) is 6.07 Å². The summed E-state index contributed by atoms with van der Waals surface area (Å²) in [5, 5.41) is 2.96. The highest BCUT2D eigenvalue weighted by Crippen LogP contribution is 2.31. The van der Waals surface area contributed by atoms with E-state index >= 15 is 0 Å². The van der Waals surface area contributed by atoms with Gasteiger partial charge in [0, 0.05) is 24.3 Å². The molecule has 1 aliphatic heterocycles. The highest BCUT2D eigenvalue weighted by atomic mass is 19.1. The quantitative estimate of drug-likeness (QED) is 0.901. The number of methoxy groups -OCH3 is 1. The summed E-state index contributed by atoms with van der Waals surface area (Å²) in [7, 11) is 1.54. The number of hydrogen-bond donors (Lipinski definition) is 1. The van der Waals surface area contributed by atoms with Gasteiger partial charge in [-0.2, -0.15) is 0 Å². The Morgan fingerprint density at radius 1 is 1.32 bits per heavy atom. The van der Waals surface area contributed by atoms with Crippen molar-refractivity contribution >= 4 is 5.91 Å². The van der Waals surface area contributed by atoms with Crippen LogP contribution in [0.15, 0.2) is 42.5 Å². The van der Waals surface area contributed by atoms with E-state index in [-0.39, 0.29) is 11.7 Å². The smallest absolute Gasteiger partial charge is 0.251 e. The molecule has 1 N–H and O–H groups in total. The van der Waals surface area contributed by atoms with Crippen LogP contribution in [0.2, 0.25) is 0 Å². The second-order valence-corrected chi connectivity index (χ2v) is 6.22. The van der Waals surface area contributed by atoms with E-state index in [2.05, 4.69) is 5.32 Å². The molecule has 1 atom stereocenters. The lowest BCUT2D eigenvalue weighted by atomic mass is 10.0. The minimum absolute atomic E-state index is 0.136. The fourth-order valence-electron chi connectivity index (χ4n) is 3.04. The fraction of sp³-hybridized carbons (Fsp3) is 0.350. The van der Waals surface area contributed by atoms with Crippen LogP contribution in [0.4, 0.5) is 4.39 Å². The first-order chi connectivity index (χ1) is 12.2. The molecular weight excluding hydrogens is 321 g/mol. The lowest BCUT2D eigenvalue weighted by Crippen LogP contribution is -2.33. The van der Waals surface area contributed by atoms with Gasteiger partial charge in [-0.25, -0.2) is 4.39 Å². The molecule has 25 heavy (non-hydrogen) atoms. The molecule has 0 unspecified atom stereocenters. The molecule has 0 aromatic heterocycles. The number of hydrogen-bond acceptors (Lipinski definition) is 3. The Hall–Kier alpha value is -2.40. The zero-order valence-electron chi connectivity index (χ0n) is 14.3. The predicted molar refractivity (Wildman–Crippen MR) is 94.3 cm³/mol. The van der Waals surface area contributed by atoms with Crippen LogP contribution in [0.3, 0.4) is 0 Å². The highest BCUT2D eigenvalue weighted by molar-refractivity contribution is 5.95. The summed E-state index contributed by atoms with van der Waals surface area (Å²) in [5.41, 5.74) is 1.91. The van der Waals surface area contributed by atoms with Crippen molar-refractivity contribution in [3.05, 3.63) is 53.8 Å². The number of carbonyl (C=O) groups excluding carboxylic acids is 1. The largest absolute Gasteiger partial charge is 0.496 e. The lowest BCUT2D eigenvalue weighted by molar-refractivity contribution is 0.0536. The molecule has 5 heteroatoms. The minimum Gasteiger partial charge on any atom is -0.496 e. The second kappa shape index (κ2) is 8.12. The van der Waals surface area contributed by atoms with E-state index in [1.54, 1.807) is 31.4 Å². The number of nitrogens with one attached hydrogen (secondary N) is 1. The first-order valence-electron chi connectivity index (χ1n) is 8.47. The van der Waals surface area contributed by atoms with Crippen molar-refractivity contribution < 1.29 is 18.7 Å². The third-order valence-electron chi connectivity index (χ3n) is 4.40. The first-order valence-corrected chi connectivity index (χ1v) is 8.47. The minimum atomic E-state index is -0.344. The van der Waals surface area contributed by atoms with Gasteiger partial charge in [-0.05, 0) is 54.7 Å². The summed E-state index contributed by atoms with van der Waals surface area (Å²) in [6, 6.07) is 11.5. The van der Waals surface area contributed by atoms with Crippen LogP contribution in [0.5, 0.6) is 5.75 Å². The van der Waals surface area contributed by atoms with Crippen LogP contribution in [-0.2, 0) is 4.74 Å². The third kappa shape index (κ3) is 4.37. The molecule has 1 aliphatic rings. The summed E-state index contributed by atoms with van der Waals surface area (Å²) in [6.07, 6.45) is 2.11. The van der Waals surface area contributed by atoms with Crippen LogP contribution in [0.1, 0.15) is 23.2 Å². The van der Waals surface area contributed by atoms with Gasteiger partial charge in [0.15, 0.2) is 0 Å². The van der Waals surface area contributed by atoms with E-state index in [4.69, 9.17) is 9.47 Å². The molecule has 0 aliphatic carbocycles. The number of halogens is 1. The molecule has 2 aromatic rings. The predicted octanol–water partition coefficient (Wildman–Crippen LogP) is 3.66. The van der Waals surface area contributed by atoms with E-state index in [0.717, 1.165) is 25.0 Å². The standard InChI is InChI=1S/C20H22FNO3/c1-24-19-8-7-17(21)11-18(19)15-5-2-6-16(10-15)20(23)22-12-14-4-3-9-25-13-14/h2,5-8,10-11,14H,3-4,9,12-13H2,1H3,(H,22,23)/t14-/m1/s1. The van der Waals surface area contributed by atoms with Gasteiger partial charge in [0.25, 0.3) is 5.91 Å². The maximum absolute atomic E-state index is 13.6. The zero-order chi connectivity index (χ0) is 17.6. The Balaban J connectivity index is 1.74. The average Bonchev–Trinajstić information content (AvgIpc) is 2.67. The summed E-state index contributed by atoms with van der Waals surface area (Å²) >= 11 is 0. The van der Waals surface area contributed by atoms with Gasteiger partial charge < -0.3 is 14.8 Å². The van der Waals surface area contributed by atoms with Crippen molar-refractivity contribution in [1.29, 1.82) is 0 Å². The molecule has 132 valence electrons. The van der Waals surface area contributed by atoms with Crippen molar-refractivity contribution in [2.45, 2.75) is 12.8 Å². The van der Waals surface area contributed by atoms with Crippen LogP contribution in [0, 0.1) is 11.7 Å². The van der Waals surface area contributed by atoms with Gasteiger partial charge in [-0.15, -0.1) is 0 Å². The zero-order valence-corrected chi connectivity index (χ0v) is 14.3. The summed E-state index contributed by atoms with van der Waals surface area (Å²) < 4.78 is 24.3. The van der Waals surface area contributed by atoms with Crippen molar-refractivity contribution in [1.82, 2.24) is 5.32 Å². The van der Waals surface area contributed by atoms with E-state index < -0.39 is 0 Å². The van der Waals surface area contributed by atoms with Crippen molar-refractivity contribution in [2.24, 2.45) is 5.92 Å². The molecule has 1 amide bonds. The van der Waals surface area contributed by atoms with Gasteiger partial charge in [-0.3, -0.25) is 4.79 Å². The van der Waals surface area contributed by atoms with Crippen molar-refractivity contribution in [3.8, 4) is 16.9 Å². The maximum Gasteiger partial charge on any atom is 0.251 e. The van der Waals surface area contributed by atoms with E-state index in [1.165, 1.54) is 12.1 Å². The number of carbonyl (C=O) groups is 1. The Kier molecular flexibility index (Phi) is 5.66. The number of benzene rings is 2. The van der Waals surface area contributed by atoms with Crippen LogP contribution in [-0.4, -0.2) is 32.8 Å². The molecule has 1 heterocycles. The molecule has 4 nitrogen and oxygen atoms in total. The van der Waals surface area contributed by atoms with Gasteiger partial charge in [0.2, 0.25) is 0 Å². The van der Waals surface area contributed by atoms with Crippen LogP contribution >= 0.6 is 0 Å². The average molecular weight is 343 g/mol. The maximum atomic E-state index is 13.6. The Labute approximate surface area is 147 Å². The summed E-state index contributed by atoms with van der Waals surface area (Å²) in [5.74, 6) is 0.452. The molecule has 1 fully saturated rings. The van der Waals surface area contributed by atoms with Gasteiger partial charge in [0.05, 0.1) is 13.7 Å². The summed E-state index contributed by atoms with van der Waals surface area (Å²) in [6.45, 7) is 2.11. The monoisotopic (exact) mass is 343 g/mol. The van der Waals surface area contributed by atoms with Crippen LogP contribution < -0.4 is 10.1 Å². The molecule has 0 bridgehead atoms.